The molecule has 0 saturated heterocycles. The average molecular weight is 569 g/mol. The standard InChI is InChI=1S/C36H28N2OS2/c1-35(2)31-21-10-6-8-12-29(21)40-33(31)23-15-19-14-20-16-24-26(18-28(20)39-27(19)17-25(23)37-35)38(5)36(3,4)32-22-11-7-9-13-30(22)41-34(24)32/h6-18H,1-5H3. The minimum absolute atomic E-state index is 0.141. The SMILES string of the molecule is CN1c2cc3c(cc2-c2sc4ccccc4c2C1(C)C)C=c1cc2c(cc1O3)=NC(C)(C)c1c-2sc2ccccc12. The molecule has 2 aromatic heterocycles. The third-order valence-electron chi connectivity index (χ3n) is 9.29. The second-order valence-corrected chi connectivity index (χ2v) is 14.6. The number of thiophene rings is 2. The molecule has 3 aliphatic rings. The lowest BCUT2D eigenvalue weighted by Crippen LogP contribution is -2.41. The average Bonchev–Trinajstić information content (AvgIpc) is 3.54. The van der Waals surface area contributed by atoms with E-state index in [1.54, 1.807) is 0 Å². The van der Waals surface area contributed by atoms with Crippen molar-refractivity contribution in [1.82, 2.24) is 0 Å². The third-order valence-corrected chi connectivity index (χ3v) is 11.7. The summed E-state index contributed by atoms with van der Waals surface area (Å²) in [6, 6.07) is 26.6. The maximum absolute atomic E-state index is 6.68. The highest BCUT2D eigenvalue weighted by Gasteiger charge is 2.39. The zero-order valence-corrected chi connectivity index (χ0v) is 25.3. The van der Waals surface area contributed by atoms with E-state index in [9.17, 15) is 0 Å². The highest BCUT2D eigenvalue weighted by atomic mass is 32.1. The van der Waals surface area contributed by atoms with Crippen molar-refractivity contribution in [1.29, 1.82) is 0 Å². The van der Waals surface area contributed by atoms with Crippen LogP contribution >= 0.6 is 22.7 Å². The zero-order chi connectivity index (χ0) is 27.8. The largest absolute Gasteiger partial charge is 0.456 e. The van der Waals surface area contributed by atoms with E-state index in [-0.39, 0.29) is 11.1 Å². The molecule has 0 unspecified atom stereocenters. The van der Waals surface area contributed by atoms with Crippen LogP contribution in [0.5, 0.6) is 11.5 Å². The highest BCUT2D eigenvalue weighted by Crippen LogP contribution is 2.55. The fourth-order valence-corrected chi connectivity index (χ4v) is 9.87. The van der Waals surface area contributed by atoms with Gasteiger partial charge >= 0.3 is 0 Å². The number of fused-ring (bicyclic) bond motifs is 12. The Morgan fingerprint density at radius 1 is 0.732 bits per heavy atom. The first-order valence-corrected chi connectivity index (χ1v) is 15.7. The second-order valence-electron chi connectivity index (χ2n) is 12.5. The van der Waals surface area contributed by atoms with Crippen LogP contribution in [0.25, 0.3) is 47.1 Å². The van der Waals surface area contributed by atoms with Gasteiger partial charge in [0.15, 0.2) is 0 Å². The number of hydrogen-bond acceptors (Lipinski definition) is 5. The van der Waals surface area contributed by atoms with Gasteiger partial charge in [0.1, 0.15) is 11.5 Å². The smallest absolute Gasteiger partial charge is 0.136 e. The summed E-state index contributed by atoms with van der Waals surface area (Å²) in [5.74, 6) is 1.78. The summed E-state index contributed by atoms with van der Waals surface area (Å²) < 4.78 is 9.33. The Labute approximate surface area is 246 Å². The van der Waals surface area contributed by atoms with E-state index in [0.29, 0.717) is 0 Å². The summed E-state index contributed by atoms with van der Waals surface area (Å²) in [6.45, 7) is 9.10. The van der Waals surface area contributed by atoms with Crippen LogP contribution in [-0.4, -0.2) is 7.05 Å². The molecule has 41 heavy (non-hydrogen) atoms. The zero-order valence-electron chi connectivity index (χ0n) is 23.6. The van der Waals surface area contributed by atoms with Crippen molar-refractivity contribution in [2.45, 2.75) is 38.8 Å². The molecule has 0 saturated carbocycles. The molecule has 4 aromatic carbocycles. The minimum Gasteiger partial charge on any atom is -0.456 e. The fourth-order valence-electron chi connectivity index (χ4n) is 7.10. The molecule has 9 rings (SSSR count). The molecule has 0 radical (unpaired) electrons. The van der Waals surface area contributed by atoms with Gasteiger partial charge in [0.25, 0.3) is 0 Å². The monoisotopic (exact) mass is 568 g/mol. The van der Waals surface area contributed by atoms with Crippen LogP contribution < -0.4 is 20.2 Å². The van der Waals surface area contributed by atoms with Gasteiger partial charge in [0.2, 0.25) is 0 Å². The molecule has 0 N–H and O–H groups in total. The van der Waals surface area contributed by atoms with Crippen molar-refractivity contribution in [3.05, 3.63) is 100 Å². The first kappa shape index (κ1) is 23.7. The van der Waals surface area contributed by atoms with Crippen LogP contribution in [0.2, 0.25) is 0 Å². The second kappa shape index (κ2) is 7.67. The molecule has 0 spiro atoms. The van der Waals surface area contributed by atoms with Gasteiger partial charge in [-0.25, -0.2) is 0 Å². The van der Waals surface area contributed by atoms with Crippen molar-refractivity contribution >= 4 is 54.6 Å². The van der Waals surface area contributed by atoms with Gasteiger partial charge in [0.05, 0.1) is 16.4 Å². The number of anilines is 1. The van der Waals surface area contributed by atoms with E-state index in [0.717, 1.165) is 27.6 Å². The van der Waals surface area contributed by atoms with Gasteiger partial charge in [-0.15, -0.1) is 22.7 Å². The van der Waals surface area contributed by atoms with Crippen LogP contribution in [0.1, 0.15) is 44.4 Å². The Morgan fingerprint density at radius 3 is 2.12 bits per heavy atom. The predicted molar refractivity (Wildman–Crippen MR) is 173 cm³/mol. The molecule has 5 heterocycles. The van der Waals surface area contributed by atoms with E-state index in [1.807, 2.05) is 22.7 Å². The van der Waals surface area contributed by atoms with E-state index < -0.39 is 0 Å². The predicted octanol–water partition coefficient (Wildman–Crippen LogP) is 8.94. The molecule has 6 aromatic rings. The van der Waals surface area contributed by atoms with Gasteiger partial charge in [0, 0.05) is 77.1 Å². The molecular weight excluding hydrogens is 541 g/mol. The minimum atomic E-state index is -0.304. The molecule has 0 atom stereocenters. The summed E-state index contributed by atoms with van der Waals surface area (Å²) in [4.78, 5) is 10.4. The maximum Gasteiger partial charge on any atom is 0.136 e. The Balaban J connectivity index is 1.28. The number of ether oxygens (including phenoxy) is 1. The Morgan fingerprint density at radius 2 is 1.39 bits per heavy atom. The topological polar surface area (TPSA) is 24.8 Å². The summed E-state index contributed by atoms with van der Waals surface area (Å²) in [5, 5.41) is 4.79. The number of nitrogens with zero attached hydrogens (tertiary/aromatic N) is 2. The first-order valence-electron chi connectivity index (χ1n) is 14.1. The number of rotatable bonds is 0. The maximum atomic E-state index is 6.68. The van der Waals surface area contributed by atoms with Gasteiger partial charge in [-0.05, 0) is 68.8 Å². The lowest BCUT2D eigenvalue weighted by atomic mass is 9.83. The normalized spacial score (nSPS) is 16.9. The molecule has 3 aliphatic heterocycles. The van der Waals surface area contributed by atoms with Crippen molar-refractivity contribution in [2.24, 2.45) is 4.99 Å². The lowest BCUT2D eigenvalue weighted by molar-refractivity contribution is 0.469. The molecular formula is C36H28N2OS2. The van der Waals surface area contributed by atoms with Gasteiger partial charge < -0.3 is 9.64 Å². The molecule has 0 fully saturated rings. The van der Waals surface area contributed by atoms with E-state index >= 15 is 0 Å². The van der Waals surface area contributed by atoms with Crippen molar-refractivity contribution in [2.75, 3.05) is 11.9 Å². The third kappa shape index (κ3) is 3.05. The van der Waals surface area contributed by atoms with Crippen molar-refractivity contribution in [3.8, 4) is 32.4 Å². The van der Waals surface area contributed by atoms with Gasteiger partial charge in [-0.3, -0.25) is 4.99 Å². The van der Waals surface area contributed by atoms with Crippen LogP contribution in [0.15, 0.2) is 77.8 Å². The summed E-state index contributed by atoms with van der Waals surface area (Å²) in [6.07, 6.45) is 2.30. The Bertz CT molecular complexity index is 2270. The molecule has 0 bridgehead atoms. The lowest BCUT2D eigenvalue weighted by Gasteiger charge is -2.43. The quantitative estimate of drug-likeness (QED) is 0.182. The van der Waals surface area contributed by atoms with Crippen molar-refractivity contribution in [3.63, 3.8) is 0 Å². The molecule has 200 valence electrons. The first-order chi connectivity index (χ1) is 19.7. The highest BCUT2D eigenvalue weighted by molar-refractivity contribution is 7.23. The van der Waals surface area contributed by atoms with Gasteiger partial charge in [-0.1, -0.05) is 36.4 Å². The van der Waals surface area contributed by atoms with Crippen LogP contribution in [-0.2, 0) is 11.1 Å². The molecule has 5 heteroatoms. The molecule has 3 nitrogen and oxygen atoms in total. The molecule has 0 aliphatic carbocycles. The van der Waals surface area contributed by atoms with E-state index in [4.69, 9.17) is 9.73 Å². The van der Waals surface area contributed by atoms with E-state index in [1.165, 1.54) is 57.9 Å². The Kier molecular flexibility index (Phi) is 4.44. The van der Waals surface area contributed by atoms with Crippen LogP contribution in [0, 0.1) is 0 Å². The van der Waals surface area contributed by atoms with Crippen molar-refractivity contribution < 1.29 is 4.74 Å². The van der Waals surface area contributed by atoms with Gasteiger partial charge in [-0.2, -0.15) is 0 Å². The molecule has 0 amide bonds. The van der Waals surface area contributed by atoms with E-state index in [2.05, 4.69) is 119 Å². The Hall–Kier alpha value is -3.93. The van der Waals surface area contributed by atoms with Crippen LogP contribution in [0.3, 0.4) is 0 Å². The number of benzene rings is 4. The number of hydrogen-bond donors (Lipinski definition) is 0. The summed E-state index contributed by atoms with van der Waals surface area (Å²) >= 11 is 3.78. The summed E-state index contributed by atoms with van der Waals surface area (Å²) in [7, 11) is 2.21. The summed E-state index contributed by atoms with van der Waals surface area (Å²) in [5.41, 5.74) is 7.13. The van der Waals surface area contributed by atoms with Crippen LogP contribution in [0.4, 0.5) is 5.69 Å². The fraction of sp³-hybridized carbons (Fsp3) is 0.194.